The number of rotatable bonds is 7. The van der Waals surface area contributed by atoms with E-state index in [1.54, 1.807) is 6.20 Å². The van der Waals surface area contributed by atoms with E-state index in [1.165, 1.54) is 0 Å². The van der Waals surface area contributed by atoms with E-state index < -0.39 is 0 Å². The highest BCUT2D eigenvalue weighted by Gasteiger charge is 2.22. The van der Waals surface area contributed by atoms with Crippen molar-refractivity contribution in [1.29, 1.82) is 0 Å². The Labute approximate surface area is 228 Å². The highest BCUT2D eigenvalue weighted by Crippen LogP contribution is 2.28. The van der Waals surface area contributed by atoms with Gasteiger partial charge < -0.3 is 20.1 Å². The molecule has 2 saturated heterocycles. The highest BCUT2D eigenvalue weighted by molar-refractivity contribution is 6.50. The summed E-state index contributed by atoms with van der Waals surface area (Å²) in [4.78, 5) is 31.5. The molecule has 5 heterocycles. The fourth-order valence-electron chi connectivity index (χ4n) is 5.16. The Morgan fingerprint density at radius 1 is 0.821 bits per heavy atom. The van der Waals surface area contributed by atoms with Crippen LogP contribution in [0.5, 0.6) is 0 Å². The third-order valence-electron chi connectivity index (χ3n) is 7.20. The van der Waals surface area contributed by atoms with E-state index in [0.29, 0.717) is 18.1 Å². The predicted molar refractivity (Wildman–Crippen MR) is 150 cm³/mol. The number of amides is 1. The lowest BCUT2D eigenvalue weighted by Crippen LogP contribution is -2.35. The third-order valence-corrected chi connectivity index (χ3v) is 7.20. The zero-order valence-electron chi connectivity index (χ0n) is 21.9. The Balaban J connectivity index is 1.18. The van der Waals surface area contributed by atoms with Crippen LogP contribution in [-0.4, -0.2) is 90.7 Å². The molecule has 202 valence electrons. The van der Waals surface area contributed by atoms with Crippen LogP contribution in [0, 0.1) is 0 Å². The number of aromatic nitrogens is 2. The van der Waals surface area contributed by atoms with Crippen LogP contribution < -0.4 is 10.6 Å². The van der Waals surface area contributed by atoms with E-state index in [0.717, 1.165) is 99.2 Å². The molecule has 2 N–H and O–H groups in total. The van der Waals surface area contributed by atoms with Gasteiger partial charge in [0.2, 0.25) is 0 Å². The topological polar surface area (TPSA) is 104 Å². The minimum absolute atomic E-state index is 0.251. The van der Waals surface area contributed by atoms with Gasteiger partial charge in [-0.1, -0.05) is 6.07 Å². The predicted octanol–water partition coefficient (Wildman–Crippen LogP) is 2.62. The van der Waals surface area contributed by atoms with Crippen LogP contribution in [0.25, 0.3) is 11.1 Å². The van der Waals surface area contributed by atoms with E-state index in [4.69, 9.17) is 9.47 Å². The summed E-state index contributed by atoms with van der Waals surface area (Å²) in [6.07, 6.45) is 7.30. The summed E-state index contributed by atoms with van der Waals surface area (Å²) in [6.45, 7) is 8.62. The molecule has 0 radical (unpaired) electrons. The van der Waals surface area contributed by atoms with Crippen molar-refractivity contribution in [2.45, 2.75) is 13.1 Å². The van der Waals surface area contributed by atoms with Gasteiger partial charge in [-0.15, -0.1) is 0 Å². The van der Waals surface area contributed by atoms with Gasteiger partial charge in [0.25, 0.3) is 5.91 Å². The molecule has 2 aromatic heterocycles. The van der Waals surface area contributed by atoms with Gasteiger partial charge in [-0.25, -0.2) is 0 Å². The number of pyridine rings is 2. The molecule has 1 aromatic carbocycles. The first kappa shape index (κ1) is 25.6. The van der Waals surface area contributed by atoms with Crippen LogP contribution in [0.2, 0.25) is 0 Å². The second-order valence-corrected chi connectivity index (χ2v) is 10.00. The maximum absolute atomic E-state index is 13.4. The van der Waals surface area contributed by atoms with Crippen LogP contribution >= 0.6 is 0 Å². The van der Waals surface area contributed by atoms with Crippen molar-refractivity contribution in [2.75, 3.05) is 69.9 Å². The van der Waals surface area contributed by atoms with E-state index in [1.807, 2.05) is 36.8 Å². The van der Waals surface area contributed by atoms with Crippen molar-refractivity contribution < 1.29 is 14.3 Å². The summed E-state index contributed by atoms with van der Waals surface area (Å²) < 4.78 is 10.9. The molecule has 3 aliphatic heterocycles. The van der Waals surface area contributed by atoms with Crippen molar-refractivity contribution in [3.05, 3.63) is 71.8 Å². The average molecular weight is 528 g/mol. The molecule has 10 heteroatoms. The van der Waals surface area contributed by atoms with Gasteiger partial charge in [0.1, 0.15) is 12.4 Å². The van der Waals surface area contributed by atoms with Gasteiger partial charge in [-0.2, -0.15) is 0 Å². The van der Waals surface area contributed by atoms with E-state index >= 15 is 0 Å². The number of ether oxygens (including phenoxy) is 2. The summed E-state index contributed by atoms with van der Waals surface area (Å²) in [7, 11) is 0. The SMILES string of the molecule is O=C(Nc1cncc(CN2CCOCC2)c1)C1=NCNc2ccc(-c3cncc(CN4CCOCC4)c3)cc21. The van der Waals surface area contributed by atoms with Gasteiger partial charge in [0.15, 0.2) is 0 Å². The molecular formula is C29H33N7O3. The van der Waals surface area contributed by atoms with Crippen LogP contribution in [0.3, 0.4) is 0 Å². The Bertz CT molecular complexity index is 1350. The molecule has 0 bridgehead atoms. The fourth-order valence-corrected chi connectivity index (χ4v) is 5.16. The molecule has 0 unspecified atom stereocenters. The number of fused-ring (bicyclic) bond motifs is 1. The van der Waals surface area contributed by atoms with Gasteiger partial charge >= 0.3 is 0 Å². The molecule has 6 rings (SSSR count). The van der Waals surface area contributed by atoms with Gasteiger partial charge in [-0.05, 0) is 41.0 Å². The first-order chi connectivity index (χ1) is 19.2. The molecule has 0 atom stereocenters. The van der Waals surface area contributed by atoms with Crippen molar-refractivity contribution in [3.8, 4) is 11.1 Å². The van der Waals surface area contributed by atoms with Crippen LogP contribution in [-0.2, 0) is 27.4 Å². The highest BCUT2D eigenvalue weighted by atomic mass is 16.5. The Hall–Kier alpha value is -3.70. The average Bonchev–Trinajstić information content (AvgIpc) is 2.98. The van der Waals surface area contributed by atoms with E-state index in [-0.39, 0.29) is 5.91 Å². The molecule has 2 fully saturated rings. The Morgan fingerprint density at radius 2 is 1.49 bits per heavy atom. The minimum atomic E-state index is -0.251. The number of anilines is 2. The summed E-state index contributed by atoms with van der Waals surface area (Å²) in [5.74, 6) is -0.251. The largest absolute Gasteiger partial charge is 0.379 e. The monoisotopic (exact) mass is 527 g/mol. The molecule has 10 nitrogen and oxygen atoms in total. The molecule has 1 amide bonds. The number of hydrogen-bond donors (Lipinski definition) is 2. The van der Waals surface area contributed by atoms with Crippen molar-refractivity contribution in [2.24, 2.45) is 4.99 Å². The molecule has 0 aliphatic carbocycles. The summed E-state index contributed by atoms with van der Waals surface area (Å²) >= 11 is 0. The van der Waals surface area contributed by atoms with Gasteiger partial charge in [-0.3, -0.25) is 29.6 Å². The Morgan fingerprint density at radius 3 is 2.21 bits per heavy atom. The van der Waals surface area contributed by atoms with E-state index in [9.17, 15) is 4.79 Å². The fraction of sp³-hybridized carbons (Fsp3) is 0.379. The minimum Gasteiger partial charge on any atom is -0.379 e. The molecular weight excluding hydrogens is 494 g/mol. The molecule has 3 aromatic rings. The Kier molecular flexibility index (Phi) is 7.87. The standard InChI is InChI=1S/C29H33N7O3/c37-29(34-25-12-22(15-31-17-25)19-36-5-9-39-10-6-36)28-26-13-23(1-2-27(26)32-20-33-28)24-11-21(14-30-16-24)18-35-3-7-38-8-4-35/h1-2,11-17,32H,3-10,18-20H2,(H,34,37). The number of nitrogens with one attached hydrogen (secondary N) is 2. The zero-order valence-corrected chi connectivity index (χ0v) is 21.9. The normalized spacial score (nSPS) is 18.1. The zero-order chi connectivity index (χ0) is 26.4. The van der Waals surface area contributed by atoms with E-state index in [2.05, 4.69) is 47.5 Å². The number of benzene rings is 1. The summed E-state index contributed by atoms with van der Waals surface area (Å²) in [5.41, 5.74) is 6.92. The maximum atomic E-state index is 13.4. The quantitative estimate of drug-likeness (QED) is 0.483. The number of carbonyl (C=O) groups is 1. The van der Waals surface area contributed by atoms with Crippen molar-refractivity contribution >= 4 is 23.0 Å². The summed E-state index contributed by atoms with van der Waals surface area (Å²) in [5, 5.41) is 6.29. The molecule has 3 aliphatic rings. The lowest BCUT2D eigenvalue weighted by Gasteiger charge is -2.26. The van der Waals surface area contributed by atoms with Crippen molar-refractivity contribution in [3.63, 3.8) is 0 Å². The van der Waals surface area contributed by atoms with Crippen molar-refractivity contribution in [1.82, 2.24) is 19.8 Å². The third kappa shape index (κ3) is 6.31. The van der Waals surface area contributed by atoms with Crippen LogP contribution in [0.4, 0.5) is 11.4 Å². The van der Waals surface area contributed by atoms with Gasteiger partial charge in [0.05, 0.1) is 38.3 Å². The first-order valence-electron chi connectivity index (χ1n) is 13.4. The van der Waals surface area contributed by atoms with Crippen LogP contribution in [0.1, 0.15) is 16.7 Å². The number of hydrogen-bond acceptors (Lipinski definition) is 9. The maximum Gasteiger partial charge on any atom is 0.274 e. The first-order valence-corrected chi connectivity index (χ1v) is 13.4. The van der Waals surface area contributed by atoms with Gasteiger partial charge in [0, 0.05) is 74.7 Å². The second kappa shape index (κ2) is 12.0. The molecule has 39 heavy (non-hydrogen) atoms. The lowest BCUT2D eigenvalue weighted by atomic mass is 9.98. The smallest absolute Gasteiger partial charge is 0.274 e. The molecule has 0 spiro atoms. The number of aliphatic imine (C=N–C) groups is 1. The second-order valence-electron chi connectivity index (χ2n) is 10.00. The molecule has 0 saturated carbocycles. The number of carbonyl (C=O) groups excluding carboxylic acids is 1. The van der Waals surface area contributed by atoms with Crippen LogP contribution in [0.15, 0.2) is 60.1 Å². The lowest BCUT2D eigenvalue weighted by molar-refractivity contribution is -0.110. The summed E-state index contributed by atoms with van der Waals surface area (Å²) in [6, 6.07) is 10.2. The number of morpholine rings is 2. The number of nitrogens with zero attached hydrogens (tertiary/aromatic N) is 5.